The van der Waals surface area contributed by atoms with Crippen LogP contribution in [-0.2, 0) is 4.79 Å². The van der Waals surface area contributed by atoms with Crippen LogP contribution in [-0.4, -0.2) is 76.2 Å². The molecule has 0 bridgehead atoms. The largest absolute Gasteiger partial charge is 0.495 e. The summed E-state index contributed by atoms with van der Waals surface area (Å²) in [6.45, 7) is 2.53. The number of thiophene rings is 1. The number of hydrogen-bond acceptors (Lipinski definition) is 7. The van der Waals surface area contributed by atoms with Gasteiger partial charge in [0.15, 0.2) is 11.5 Å². The number of anilines is 1. The molecule has 0 spiro atoms. The molecule has 2 aliphatic heterocycles. The highest BCUT2D eigenvalue weighted by atomic mass is 32.1. The van der Waals surface area contributed by atoms with Gasteiger partial charge < -0.3 is 28.9 Å². The number of carbonyl (C=O) groups is 2. The number of carbonyl (C=O) groups excluding carboxylic acids is 2. The second-order valence-corrected chi connectivity index (χ2v) is 10.1. The minimum Gasteiger partial charge on any atom is -0.495 e. The van der Waals surface area contributed by atoms with E-state index in [2.05, 4.69) is 4.90 Å². The molecular weight excluding hydrogens is 490 g/mol. The minimum absolute atomic E-state index is 0.00546. The van der Waals surface area contributed by atoms with E-state index >= 15 is 0 Å². The van der Waals surface area contributed by atoms with Crippen LogP contribution in [0.4, 0.5) is 5.69 Å². The molecule has 0 aliphatic carbocycles. The Labute approximate surface area is 220 Å². The summed E-state index contributed by atoms with van der Waals surface area (Å²) in [5.41, 5.74) is 2.18. The van der Waals surface area contributed by atoms with Crippen LogP contribution in [0, 0.1) is 0 Å². The first-order chi connectivity index (χ1) is 18.0. The SMILES string of the molecule is COc1cc2c(cc1OC)[C@H](C(=O)N1CCN(c3ccccc3OC)CC1)[C@@H](c1cccs1)N(C)C2=O. The number of benzene rings is 2. The van der Waals surface area contributed by atoms with E-state index in [1.54, 1.807) is 56.7 Å². The Kier molecular flexibility index (Phi) is 6.97. The molecule has 0 radical (unpaired) electrons. The zero-order valence-corrected chi connectivity index (χ0v) is 22.3. The van der Waals surface area contributed by atoms with Crippen molar-refractivity contribution in [1.82, 2.24) is 9.80 Å². The number of hydrogen-bond donors (Lipinski definition) is 0. The lowest BCUT2D eigenvalue weighted by atomic mass is 9.81. The van der Waals surface area contributed by atoms with Crippen molar-refractivity contribution in [2.75, 3.05) is 59.5 Å². The molecule has 2 aliphatic rings. The predicted octanol–water partition coefficient (Wildman–Crippen LogP) is 4.03. The molecule has 194 valence electrons. The molecule has 8 nitrogen and oxygen atoms in total. The Morgan fingerprint density at radius 2 is 1.57 bits per heavy atom. The fraction of sp³-hybridized carbons (Fsp3) is 0.357. The quantitative estimate of drug-likeness (QED) is 0.488. The van der Waals surface area contributed by atoms with Crippen LogP contribution in [0.2, 0.25) is 0 Å². The lowest BCUT2D eigenvalue weighted by Gasteiger charge is -2.43. The van der Waals surface area contributed by atoms with Crippen molar-refractivity contribution in [2.45, 2.75) is 12.0 Å². The molecule has 3 aromatic rings. The maximum atomic E-state index is 14.3. The number of amides is 2. The van der Waals surface area contributed by atoms with Crippen LogP contribution in [0.1, 0.15) is 32.8 Å². The number of ether oxygens (including phenoxy) is 3. The highest BCUT2D eigenvalue weighted by molar-refractivity contribution is 7.10. The van der Waals surface area contributed by atoms with Gasteiger partial charge in [-0.25, -0.2) is 0 Å². The van der Waals surface area contributed by atoms with Crippen LogP contribution >= 0.6 is 11.3 Å². The summed E-state index contributed by atoms with van der Waals surface area (Å²) in [6.07, 6.45) is 0. The summed E-state index contributed by atoms with van der Waals surface area (Å²) in [5, 5.41) is 1.98. The zero-order chi connectivity index (χ0) is 26.1. The molecule has 1 saturated heterocycles. The van der Waals surface area contributed by atoms with Crippen molar-refractivity contribution in [3.63, 3.8) is 0 Å². The lowest BCUT2D eigenvalue weighted by molar-refractivity contribution is -0.134. The van der Waals surface area contributed by atoms with E-state index in [1.807, 2.05) is 46.7 Å². The van der Waals surface area contributed by atoms with Crippen LogP contribution in [0.15, 0.2) is 53.9 Å². The highest BCUT2D eigenvalue weighted by Gasteiger charge is 2.45. The topological polar surface area (TPSA) is 71.6 Å². The van der Waals surface area contributed by atoms with Crippen LogP contribution < -0.4 is 19.1 Å². The van der Waals surface area contributed by atoms with Crippen molar-refractivity contribution in [2.24, 2.45) is 0 Å². The van der Waals surface area contributed by atoms with Gasteiger partial charge in [0, 0.05) is 43.7 Å². The van der Waals surface area contributed by atoms with Crippen molar-refractivity contribution in [1.29, 1.82) is 0 Å². The maximum Gasteiger partial charge on any atom is 0.254 e. The fourth-order valence-corrected chi connectivity index (χ4v) is 6.29. The number of para-hydroxylation sites is 2. The van der Waals surface area contributed by atoms with Crippen molar-refractivity contribution in [3.05, 3.63) is 69.9 Å². The molecule has 2 aromatic carbocycles. The Hall–Kier alpha value is -3.72. The minimum atomic E-state index is -0.561. The summed E-state index contributed by atoms with van der Waals surface area (Å²) in [5.74, 6) is 1.10. The Balaban J connectivity index is 1.50. The number of fused-ring (bicyclic) bond motifs is 1. The number of likely N-dealkylation sites (N-methyl/N-ethyl adjacent to an activating group) is 1. The predicted molar refractivity (Wildman–Crippen MR) is 143 cm³/mol. The molecular formula is C28H31N3O5S. The third-order valence-electron chi connectivity index (χ3n) is 7.29. The van der Waals surface area contributed by atoms with E-state index in [-0.39, 0.29) is 11.8 Å². The van der Waals surface area contributed by atoms with Gasteiger partial charge in [-0.15, -0.1) is 11.3 Å². The Morgan fingerprint density at radius 1 is 0.892 bits per heavy atom. The second-order valence-electron chi connectivity index (χ2n) is 9.13. The van der Waals surface area contributed by atoms with E-state index < -0.39 is 12.0 Å². The first-order valence-electron chi connectivity index (χ1n) is 12.2. The van der Waals surface area contributed by atoms with Gasteiger partial charge in [0.2, 0.25) is 5.91 Å². The number of nitrogens with zero attached hydrogens (tertiary/aromatic N) is 3. The van der Waals surface area contributed by atoms with Gasteiger partial charge in [-0.3, -0.25) is 9.59 Å². The average molecular weight is 522 g/mol. The Bertz CT molecular complexity index is 1290. The Morgan fingerprint density at radius 3 is 2.22 bits per heavy atom. The van der Waals surface area contributed by atoms with E-state index in [1.165, 1.54) is 0 Å². The molecule has 37 heavy (non-hydrogen) atoms. The van der Waals surface area contributed by atoms with Gasteiger partial charge >= 0.3 is 0 Å². The van der Waals surface area contributed by atoms with Gasteiger partial charge in [-0.1, -0.05) is 18.2 Å². The smallest absolute Gasteiger partial charge is 0.254 e. The van der Waals surface area contributed by atoms with Gasteiger partial charge in [-0.05, 0) is 41.3 Å². The van der Waals surface area contributed by atoms with E-state index in [4.69, 9.17) is 14.2 Å². The first kappa shape index (κ1) is 25.0. The molecule has 1 fully saturated rings. The molecule has 5 rings (SSSR count). The highest BCUT2D eigenvalue weighted by Crippen LogP contribution is 2.47. The van der Waals surface area contributed by atoms with Gasteiger partial charge in [0.25, 0.3) is 5.91 Å². The average Bonchev–Trinajstić information content (AvgIpc) is 3.48. The van der Waals surface area contributed by atoms with Crippen LogP contribution in [0.3, 0.4) is 0 Å². The summed E-state index contributed by atoms with van der Waals surface area (Å²) < 4.78 is 16.6. The second kappa shape index (κ2) is 10.3. The maximum absolute atomic E-state index is 14.3. The number of piperazine rings is 1. The van der Waals surface area contributed by atoms with Gasteiger partial charge in [-0.2, -0.15) is 0 Å². The van der Waals surface area contributed by atoms with Crippen LogP contribution in [0.5, 0.6) is 17.2 Å². The third kappa shape index (κ3) is 4.37. The fourth-order valence-electron chi connectivity index (χ4n) is 5.39. The normalized spacial score (nSPS) is 19.5. The molecule has 0 unspecified atom stereocenters. The van der Waals surface area contributed by atoms with E-state index in [0.29, 0.717) is 48.8 Å². The summed E-state index contributed by atoms with van der Waals surface area (Å²) in [7, 11) is 6.54. The molecule has 3 heterocycles. The van der Waals surface area contributed by atoms with Crippen molar-refractivity contribution < 1.29 is 23.8 Å². The lowest BCUT2D eigenvalue weighted by Crippen LogP contribution is -2.53. The summed E-state index contributed by atoms with van der Waals surface area (Å²) in [6, 6.07) is 15.0. The standard InChI is InChI=1S/C28H31N3O5S/c1-29-26(24-10-7-15-37-24)25(18-16-22(35-3)23(36-4)17-19(18)27(29)32)28(33)31-13-11-30(12-14-31)20-8-5-6-9-21(20)34-2/h5-10,15-17,25-26H,11-14H2,1-4H3/t25-,26+/m0/s1. The van der Waals surface area contributed by atoms with Crippen molar-refractivity contribution in [3.8, 4) is 17.2 Å². The van der Waals surface area contributed by atoms with E-state index in [0.717, 1.165) is 16.3 Å². The van der Waals surface area contributed by atoms with Gasteiger partial charge in [0.1, 0.15) is 5.75 Å². The summed E-state index contributed by atoms with van der Waals surface area (Å²) >= 11 is 1.55. The number of rotatable bonds is 6. The van der Waals surface area contributed by atoms with Crippen LogP contribution in [0.25, 0.3) is 0 Å². The van der Waals surface area contributed by atoms with Gasteiger partial charge in [0.05, 0.1) is 39.0 Å². The summed E-state index contributed by atoms with van der Waals surface area (Å²) in [4.78, 5) is 34.6. The molecule has 2 atom stereocenters. The third-order valence-corrected chi connectivity index (χ3v) is 8.24. The monoisotopic (exact) mass is 521 g/mol. The molecule has 1 aromatic heterocycles. The molecule has 0 saturated carbocycles. The zero-order valence-electron chi connectivity index (χ0n) is 21.5. The molecule has 0 N–H and O–H groups in total. The first-order valence-corrected chi connectivity index (χ1v) is 13.1. The molecule has 9 heteroatoms. The number of methoxy groups -OCH3 is 3. The molecule has 2 amide bonds. The van der Waals surface area contributed by atoms with E-state index in [9.17, 15) is 9.59 Å². The van der Waals surface area contributed by atoms with Crippen molar-refractivity contribution >= 4 is 28.8 Å².